The van der Waals surface area contributed by atoms with Crippen LogP contribution in [0.4, 0.5) is 0 Å². The Bertz CT molecular complexity index is 356. The van der Waals surface area contributed by atoms with Crippen LogP contribution in [0.25, 0.3) is 0 Å². The Morgan fingerprint density at radius 1 is 1.28 bits per heavy atom. The molecule has 0 saturated carbocycles. The van der Waals surface area contributed by atoms with Gasteiger partial charge < -0.3 is 5.73 Å². The standard InChI is InChI=1S/C16H26N2/c1-13(2)16-5-3-14(4-6-16)11-18-10-8-15(12-18)7-9-17/h3-6,13,15H,7-12,17H2,1-2H3. The van der Waals surface area contributed by atoms with E-state index in [1.54, 1.807) is 0 Å². The summed E-state index contributed by atoms with van der Waals surface area (Å²) in [5.41, 5.74) is 8.50. The Morgan fingerprint density at radius 2 is 2.00 bits per heavy atom. The monoisotopic (exact) mass is 246 g/mol. The van der Waals surface area contributed by atoms with Crippen molar-refractivity contribution in [2.24, 2.45) is 11.7 Å². The summed E-state index contributed by atoms with van der Waals surface area (Å²) in [7, 11) is 0. The van der Waals surface area contributed by atoms with Gasteiger partial charge in [-0.2, -0.15) is 0 Å². The largest absolute Gasteiger partial charge is 0.330 e. The molecule has 0 bridgehead atoms. The Morgan fingerprint density at radius 3 is 2.61 bits per heavy atom. The number of hydrogen-bond donors (Lipinski definition) is 1. The topological polar surface area (TPSA) is 29.3 Å². The summed E-state index contributed by atoms with van der Waals surface area (Å²) in [5, 5.41) is 0. The highest BCUT2D eigenvalue weighted by Gasteiger charge is 2.21. The van der Waals surface area contributed by atoms with Crippen LogP contribution in [0.2, 0.25) is 0 Å². The molecule has 18 heavy (non-hydrogen) atoms. The first-order chi connectivity index (χ1) is 8.69. The molecule has 0 aliphatic carbocycles. The summed E-state index contributed by atoms with van der Waals surface area (Å²) in [5.74, 6) is 1.45. The van der Waals surface area contributed by atoms with Gasteiger partial charge in [-0.15, -0.1) is 0 Å². The first-order valence-corrected chi connectivity index (χ1v) is 7.20. The molecule has 1 aromatic rings. The van der Waals surface area contributed by atoms with Crippen LogP contribution in [0.15, 0.2) is 24.3 Å². The molecular weight excluding hydrogens is 220 g/mol. The van der Waals surface area contributed by atoms with Crippen molar-refractivity contribution < 1.29 is 0 Å². The van der Waals surface area contributed by atoms with Gasteiger partial charge in [-0.05, 0) is 48.9 Å². The molecule has 0 aromatic heterocycles. The molecule has 1 aliphatic rings. The maximum absolute atomic E-state index is 5.63. The van der Waals surface area contributed by atoms with Crippen LogP contribution in [0.3, 0.4) is 0 Å². The summed E-state index contributed by atoms with van der Waals surface area (Å²) in [6.07, 6.45) is 2.50. The van der Waals surface area contributed by atoms with Gasteiger partial charge in [-0.1, -0.05) is 38.1 Å². The van der Waals surface area contributed by atoms with E-state index in [1.165, 1.54) is 37.1 Å². The second-order valence-corrected chi connectivity index (χ2v) is 5.86. The van der Waals surface area contributed by atoms with Gasteiger partial charge in [-0.25, -0.2) is 0 Å². The summed E-state index contributed by atoms with van der Waals surface area (Å²) in [6.45, 7) is 8.88. The molecule has 1 fully saturated rings. The molecule has 100 valence electrons. The predicted octanol–water partition coefficient (Wildman–Crippen LogP) is 2.98. The highest BCUT2D eigenvalue weighted by atomic mass is 15.1. The molecule has 0 spiro atoms. The first kappa shape index (κ1) is 13.6. The van der Waals surface area contributed by atoms with Crippen LogP contribution in [0, 0.1) is 5.92 Å². The third kappa shape index (κ3) is 3.56. The number of nitrogens with two attached hydrogens (primary N) is 1. The first-order valence-electron chi connectivity index (χ1n) is 7.20. The summed E-state index contributed by atoms with van der Waals surface area (Å²) in [4.78, 5) is 2.56. The van der Waals surface area contributed by atoms with Crippen LogP contribution in [-0.2, 0) is 6.54 Å². The van der Waals surface area contributed by atoms with E-state index < -0.39 is 0 Å². The Hall–Kier alpha value is -0.860. The second kappa shape index (κ2) is 6.35. The Labute approximate surface area is 111 Å². The van der Waals surface area contributed by atoms with E-state index in [2.05, 4.69) is 43.0 Å². The van der Waals surface area contributed by atoms with Crippen molar-refractivity contribution in [2.75, 3.05) is 19.6 Å². The van der Waals surface area contributed by atoms with Gasteiger partial charge in [0.05, 0.1) is 0 Å². The van der Waals surface area contributed by atoms with Crippen molar-refractivity contribution in [3.63, 3.8) is 0 Å². The molecule has 1 unspecified atom stereocenters. The maximum atomic E-state index is 5.63. The molecule has 2 heteroatoms. The SMILES string of the molecule is CC(C)c1ccc(CN2CCC(CCN)C2)cc1. The normalized spacial score (nSPS) is 20.8. The van der Waals surface area contributed by atoms with E-state index in [-0.39, 0.29) is 0 Å². The van der Waals surface area contributed by atoms with Crippen molar-refractivity contribution in [3.8, 4) is 0 Å². The molecule has 1 saturated heterocycles. The van der Waals surface area contributed by atoms with Crippen molar-refractivity contribution in [3.05, 3.63) is 35.4 Å². The molecule has 1 heterocycles. The molecule has 2 nitrogen and oxygen atoms in total. The van der Waals surface area contributed by atoms with Gasteiger partial charge in [0.2, 0.25) is 0 Å². The summed E-state index contributed by atoms with van der Waals surface area (Å²) < 4.78 is 0. The lowest BCUT2D eigenvalue weighted by atomic mass is 10.0. The van der Waals surface area contributed by atoms with Crippen LogP contribution < -0.4 is 5.73 Å². The lowest BCUT2D eigenvalue weighted by Crippen LogP contribution is -2.20. The Kier molecular flexibility index (Phi) is 4.79. The van der Waals surface area contributed by atoms with Crippen LogP contribution >= 0.6 is 0 Å². The third-order valence-electron chi connectivity index (χ3n) is 4.00. The highest BCUT2D eigenvalue weighted by Crippen LogP contribution is 2.21. The molecule has 2 rings (SSSR count). The maximum Gasteiger partial charge on any atom is 0.0233 e. The molecular formula is C16H26N2. The van der Waals surface area contributed by atoms with Crippen molar-refractivity contribution in [1.82, 2.24) is 4.90 Å². The average molecular weight is 246 g/mol. The van der Waals surface area contributed by atoms with Gasteiger partial charge in [0.25, 0.3) is 0 Å². The number of rotatable bonds is 5. The predicted molar refractivity (Wildman–Crippen MR) is 77.6 cm³/mol. The van der Waals surface area contributed by atoms with Crippen molar-refractivity contribution >= 4 is 0 Å². The van der Waals surface area contributed by atoms with Crippen LogP contribution in [-0.4, -0.2) is 24.5 Å². The number of benzene rings is 1. The highest BCUT2D eigenvalue weighted by molar-refractivity contribution is 5.24. The fourth-order valence-corrected chi connectivity index (χ4v) is 2.79. The van der Waals surface area contributed by atoms with E-state index in [4.69, 9.17) is 5.73 Å². The van der Waals surface area contributed by atoms with Crippen molar-refractivity contribution in [1.29, 1.82) is 0 Å². The zero-order valence-corrected chi connectivity index (χ0v) is 11.7. The quantitative estimate of drug-likeness (QED) is 0.865. The summed E-state index contributed by atoms with van der Waals surface area (Å²) in [6, 6.07) is 9.11. The zero-order valence-electron chi connectivity index (χ0n) is 11.7. The molecule has 0 radical (unpaired) electrons. The van der Waals surface area contributed by atoms with Gasteiger partial charge in [-0.3, -0.25) is 4.90 Å². The Balaban J connectivity index is 1.86. The molecule has 1 atom stereocenters. The minimum Gasteiger partial charge on any atom is -0.330 e. The van der Waals surface area contributed by atoms with E-state index in [9.17, 15) is 0 Å². The number of nitrogens with zero attached hydrogens (tertiary/aromatic N) is 1. The number of likely N-dealkylation sites (tertiary alicyclic amines) is 1. The smallest absolute Gasteiger partial charge is 0.0233 e. The van der Waals surface area contributed by atoms with Gasteiger partial charge in [0, 0.05) is 13.1 Å². The van der Waals surface area contributed by atoms with E-state index in [0.717, 1.165) is 19.0 Å². The van der Waals surface area contributed by atoms with Crippen LogP contribution in [0.1, 0.15) is 43.7 Å². The van der Waals surface area contributed by atoms with E-state index in [0.29, 0.717) is 5.92 Å². The molecule has 0 amide bonds. The number of hydrogen-bond acceptors (Lipinski definition) is 2. The fourth-order valence-electron chi connectivity index (χ4n) is 2.79. The lowest BCUT2D eigenvalue weighted by Gasteiger charge is -2.16. The molecule has 1 aromatic carbocycles. The molecule has 1 aliphatic heterocycles. The molecule has 2 N–H and O–H groups in total. The minimum absolute atomic E-state index is 0.625. The average Bonchev–Trinajstić information content (AvgIpc) is 2.78. The van der Waals surface area contributed by atoms with E-state index in [1.807, 2.05) is 0 Å². The summed E-state index contributed by atoms with van der Waals surface area (Å²) >= 11 is 0. The lowest BCUT2D eigenvalue weighted by molar-refractivity contribution is 0.314. The van der Waals surface area contributed by atoms with E-state index >= 15 is 0 Å². The van der Waals surface area contributed by atoms with Gasteiger partial charge in [0.1, 0.15) is 0 Å². The van der Waals surface area contributed by atoms with Gasteiger partial charge in [0.15, 0.2) is 0 Å². The van der Waals surface area contributed by atoms with Crippen molar-refractivity contribution in [2.45, 2.75) is 39.2 Å². The minimum atomic E-state index is 0.625. The second-order valence-electron chi connectivity index (χ2n) is 5.86. The zero-order chi connectivity index (χ0) is 13.0. The third-order valence-corrected chi connectivity index (χ3v) is 4.00. The van der Waals surface area contributed by atoms with Crippen LogP contribution in [0.5, 0.6) is 0 Å². The van der Waals surface area contributed by atoms with Gasteiger partial charge >= 0.3 is 0 Å². The fraction of sp³-hybridized carbons (Fsp3) is 0.625.